The normalized spacial score (nSPS) is 15.1. The molecule has 0 radical (unpaired) electrons. The van der Waals surface area contributed by atoms with E-state index in [0.717, 1.165) is 4.72 Å². The van der Waals surface area contributed by atoms with Gasteiger partial charge < -0.3 is 0 Å². The zero-order chi connectivity index (χ0) is 9.28. The maximum atomic E-state index is 11.5. The van der Waals surface area contributed by atoms with Crippen molar-refractivity contribution in [2.75, 3.05) is 0 Å². The van der Waals surface area contributed by atoms with Gasteiger partial charge in [0.05, 0.1) is 0 Å². The van der Waals surface area contributed by atoms with Crippen molar-refractivity contribution in [2.24, 2.45) is 0 Å². The molecule has 12 heavy (non-hydrogen) atoms. The Morgan fingerprint density at radius 2 is 1.75 bits per heavy atom. The van der Waals surface area contributed by atoms with Crippen molar-refractivity contribution in [2.45, 2.75) is 19.1 Å². The van der Waals surface area contributed by atoms with Gasteiger partial charge in [-0.05, 0) is 6.92 Å². The number of nitrogens with one attached hydrogen (secondary N) is 1. The average molecular weight is 233 g/mol. The molecule has 9 heteroatoms. The summed E-state index contributed by atoms with van der Waals surface area (Å²) in [4.78, 5) is 0. The van der Waals surface area contributed by atoms with Crippen LogP contribution in [-0.2, 0) is 10.3 Å². The molecule has 1 unspecified atom stereocenters. The predicted octanol–water partition coefficient (Wildman–Crippen LogP) is -0.319. The Morgan fingerprint density at radius 1 is 1.42 bits per heavy atom. The van der Waals surface area contributed by atoms with Crippen molar-refractivity contribution in [3.63, 3.8) is 0 Å². The van der Waals surface area contributed by atoms with Crippen LogP contribution in [0.5, 0.6) is 0 Å². The SMILES string of the molecule is CC(NS(=O)(=O)O)C(F)(F)F.[KH]. The molecule has 4 nitrogen and oxygen atoms in total. The molecule has 70 valence electrons. The van der Waals surface area contributed by atoms with Crippen LogP contribution in [0, 0.1) is 0 Å². The van der Waals surface area contributed by atoms with E-state index < -0.39 is 22.5 Å². The van der Waals surface area contributed by atoms with E-state index in [1.54, 1.807) is 0 Å². The molecule has 0 spiro atoms. The van der Waals surface area contributed by atoms with Crippen LogP contribution < -0.4 is 4.72 Å². The maximum absolute atomic E-state index is 11.5. The molecule has 0 aromatic heterocycles. The Balaban J connectivity index is 0. The Bertz CT molecular complexity index is 225. The van der Waals surface area contributed by atoms with Gasteiger partial charge in [-0.2, -0.15) is 26.3 Å². The van der Waals surface area contributed by atoms with Gasteiger partial charge in [0.15, 0.2) is 0 Å². The predicted molar refractivity (Wildman–Crippen MR) is 37.4 cm³/mol. The molecule has 0 aliphatic heterocycles. The van der Waals surface area contributed by atoms with E-state index >= 15 is 0 Å². The second kappa shape index (κ2) is 5.24. The van der Waals surface area contributed by atoms with Gasteiger partial charge in [0, 0.05) is 0 Å². The molecule has 0 saturated carbocycles. The van der Waals surface area contributed by atoms with E-state index in [4.69, 9.17) is 4.55 Å². The molecule has 0 rings (SSSR count). The van der Waals surface area contributed by atoms with Gasteiger partial charge >= 0.3 is 67.9 Å². The van der Waals surface area contributed by atoms with E-state index in [-0.39, 0.29) is 51.4 Å². The van der Waals surface area contributed by atoms with E-state index in [1.165, 1.54) is 0 Å². The molecule has 1 atom stereocenters. The first kappa shape index (κ1) is 15.8. The molecule has 0 bridgehead atoms. The third-order valence-electron chi connectivity index (χ3n) is 0.817. The molecule has 0 aromatic carbocycles. The Hall–Kier alpha value is 1.30. The molecule has 0 aromatic rings. The summed E-state index contributed by atoms with van der Waals surface area (Å²) in [6, 6.07) is -2.28. The molecule has 0 fully saturated rings. The van der Waals surface area contributed by atoms with Gasteiger partial charge in [0.2, 0.25) is 0 Å². The van der Waals surface area contributed by atoms with Crippen LogP contribution in [0.2, 0.25) is 0 Å². The summed E-state index contributed by atoms with van der Waals surface area (Å²) >= 11 is 0. The standard InChI is InChI=1S/C3H6F3NO3S.K.H/c1-2(3(4,5)6)7-11(8,9)10;;/h2,7H,1H3,(H,8,9,10);;. The van der Waals surface area contributed by atoms with Gasteiger partial charge in [-0.25, -0.2) is 0 Å². The number of alkyl halides is 3. The monoisotopic (exact) mass is 233 g/mol. The summed E-state index contributed by atoms with van der Waals surface area (Å²) in [5.41, 5.74) is 0. The summed E-state index contributed by atoms with van der Waals surface area (Å²) in [7, 11) is -4.78. The van der Waals surface area contributed by atoms with E-state index in [2.05, 4.69) is 0 Å². The molecule has 0 saturated heterocycles. The fourth-order valence-electron chi connectivity index (χ4n) is 0.290. The average Bonchev–Trinajstić information content (AvgIpc) is 1.56. The molecular formula is C3H7F3KNO3S. The fourth-order valence-corrected chi connectivity index (χ4v) is 0.871. The molecule has 0 aliphatic rings. The molecule has 2 N–H and O–H groups in total. The first-order valence-corrected chi connectivity index (χ1v) is 3.88. The van der Waals surface area contributed by atoms with E-state index in [0.29, 0.717) is 6.92 Å². The van der Waals surface area contributed by atoms with Crippen molar-refractivity contribution < 1.29 is 26.1 Å². The van der Waals surface area contributed by atoms with Crippen LogP contribution in [-0.4, -0.2) is 76.6 Å². The van der Waals surface area contributed by atoms with Crippen LogP contribution in [0.25, 0.3) is 0 Å². The molecule has 0 amide bonds. The van der Waals surface area contributed by atoms with Gasteiger partial charge in [0.1, 0.15) is 6.04 Å². The van der Waals surface area contributed by atoms with Gasteiger partial charge in [0.25, 0.3) is 0 Å². The zero-order valence-corrected chi connectivity index (χ0v) is 6.20. The number of rotatable bonds is 2. The number of hydrogen-bond acceptors (Lipinski definition) is 2. The first-order chi connectivity index (χ1) is 4.63. The van der Waals surface area contributed by atoms with Crippen molar-refractivity contribution in [3.05, 3.63) is 0 Å². The Kier molecular flexibility index (Phi) is 6.89. The minimum absolute atomic E-state index is 0. The van der Waals surface area contributed by atoms with Crippen molar-refractivity contribution in [3.8, 4) is 0 Å². The second-order valence-electron chi connectivity index (χ2n) is 1.86. The van der Waals surface area contributed by atoms with Gasteiger partial charge in [-0.3, -0.25) is 4.55 Å². The molecule has 0 aliphatic carbocycles. The van der Waals surface area contributed by atoms with Crippen LogP contribution in [0.4, 0.5) is 13.2 Å². The third-order valence-corrected chi connectivity index (χ3v) is 1.47. The van der Waals surface area contributed by atoms with Crippen molar-refractivity contribution in [1.29, 1.82) is 0 Å². The van der Waals surface area contributed by atoms with Gasteiger partial charge in [-0.1, -0.05) is 0 Å². The molecule has 0 heterocycles. The Morgan fingerprint density at radius 3 is 1.83 bits per heavy atom. The summed E-state index contributed by atoms with van der Waals surface area (Å²) in [6.07, 6.45) is -4.68. The van der Waals surface area contributed by atoms with Gasteiger partial charge in [-0.15, -0.1) is 0 Å². The number of halogens is 3. The van der Waals surface area contributed by atoms with E-state index in [1.807, 2.05) is 0 Å². The fraction of sp³-hybridized carbons (Fsp3) is 1.00. The Labute approximate surface area is 110 Å². The van der Waals surface area contributed by atoms with E-state index in [9.17, 15) is 21.6 Å². The van der Waals surface area contributed by atoms with Crippen molar-refractivity contribution >= 4 is 61.7 Å². The van der Waals surface area contributed by atoms with Crippen LogP contribution in [0.15, 0.2) is 0 Å². The first-order valence-electron chi connectivity index (χ1n) is 2.44. The second-order valence-corrected chi connectivity index (χ2v) is 3.04. The quantitative estimate of drug-likeness (QED) is 0.507. The topological polar surface area (TPSA) is 66.4 Å². The minimum atomic E-state index is -4.78. The van der Waals surface area contributed by atoms with Crippen molar-refractivity contribution in [1.82, 2.24) is 4.72 Å². The van der Waals surface area contributed by atoms with Crippen LogP contribution >= 0.6 is 0 Å². The summed E-state index contributed by atoms with van der Waals surface area (Å²) in [5, 5.41) is 0. The number of hydrogen-bond donors (Lipinski definition) is 2. The summed E-state index contributed by atoms with van der Waals surface area (Å²) < 4.78 is 63.2. The third kappa shape index (κ3) is 7.92. The summed E-state index contributed by atoms with van der Waals surface area (Å²) in [5.74, 6) is 0. The van der Waals surface area contributed by atoms with Crippen LogP contribution in [0.3, 0.4) is 0 Å². The molecular weight excluding hydrogens is 226 g/mol. The summed E-state index contributed by atoms with van der Waals surface area (Å²) in [6.45, 7) is 0.577. The van der Waals surface area contributed by atoms with Crippen LogP contribution in [0.1, 0.15) is 6.92 Å². The zero-order valence-electron chi connectivity index (χ0n) is 5.38.